The van der Waals surface area contributed by atoms with Gasteiger partial charge in [-0.2, -0.15) is 4.31 Å². The topological polar surface area (TPSA) is 73.8 Å². The number of amides is 1. The van der Waals surface area contributed by atoms with E-state index in [0.717, 1.165) is 63.7 Å². The lowest BCUT2D eigenvalue weighted by atomic mass is 9.71. The summed E-state index contributed by atoms with van der Waals surface area (Å²) in [5.41, 5.74) is 2.70. The highest BCUT2D eigenvalue weighted by molar-refractivity contribution is 7.89. The van der Waals surface area contributed by atoms with E-state index in [9.17, 15) is 13.2 Å². The highest BCUT2D eigenvalue weighted by atomic mass is 35.5. The predicted molar refractivity (Wildman–Crippen MR) is 157 cm³/mol. The van der Waals surface area contributed by atoms with Crippen molar-refractivity contribution in [3.8, 4) is 0 Å². The number of likely N-dealkylation sites (tertiary alicyclic amines) is 1. The summed E-state index contributed by atoms with van der Waals surface area (Å²) in [5.74, 6) is 0.129. The molecule has 0 bridgehead atoms. The number of hydrogen-bond donors (Lipinski definition) is 0. The second-order valence-electron chi connectivity index (χ2n) is 11.6. The smallest absolute Gasteiger partial charge is 0.243 e. The maximum absolute atomic E-state index is 13.7. The van der Waals surface area contributed by atoms with Crippen LogP contribution in [0, 0.1) is 13.8 Å². The van der Waals surface area contributed by atoms with Crippen LogP contribution in [-0.4, -0.2) is 79.7 Å². The van der Waals surface area contributed by atoms with Crippen LogP contribution in [0.2, 0.25) is 5.02 Å². The Hall–Kier alpha value is -2.00. The molecule has 0 spiro atoms. The highest BCUT2D eigenvalue weighted by Crippen LogP contribution is 2.39. The number of carbonyl (C=O) groups is 1. The van der Waals surface area contributed by atoms with E-state index in [-0.39, 0.29) is 17.4 Å². The zero-order valence-electron chi connectivity index (χ0n) is 23.8. The van der Waals surface area contributed by atoms with E-state index in [1.807, 2.05) is 30.3 Å². The number of aryl methyl sites for hydroxylation is 2. The zero-order chi connectivity index (χ0) is 28.2. The van der Waals surface area contributed by atoms with Crippen molar-refractivity contribution in [2.75, 3.05) is 40.3 Å². The van der Waals surface area contributed by atoms with Crippen molar-refractivity contribution in [2.45, 2.75) is 81.6 Å². The minimum Gasteiger partial charge on any atom is -0.343 e. The van der Waals surface area contributed by atoms with Gasteiger partial charge in [0, 0.05) is 54.9 Å². The van der Waals surface area contributed by atoms with E-state index in [4.69, 9.17) is 11.6 Å². The Morgan fingerprint density at radius 1 is 1.13 bits per heavy atom. The average Bonchev–Trinajstić information content (AvgIpc) is 2.93. The molecule has 0 aliphatic carbocycles. The Morgan fingerprint density at radius 3 is 2.54 bits per heavy atom. The van der Waals surface area contributed by atoms with Gasteiger partial charge in [-0.3, -0.25) is 9.78 Å². The van der Waals surface area contributed by atoms with Gasteiger partial charge in [0.2, 0.25) is 15.9 Å². The summed E-state index contributed by atoms with van der Waals surface area (Å²) in [6.07, 6.45) is 10.2. The minimum absolute atomic E-state index is 0.0259. The summed E-state index contributed by atoms with van der Waals surface area (Å²) in [4.78, 5) is 22.2. The lowest BCUT2D eigenvalue weighted by Gasteiger charge is -2.43. The fourth-order valence-corrected chi connectivity index (χ4v) is 8.40. The fourth-order valence-electron chi connectivity index (χ4n) is 6.17. The van der Waals surface area contributed by atoms with Gasteiger partial charge in [-0.1, -0.05) is 24.1 Å². The van der Waals surface area contributed by atoms with Gasteiger partial charge in [0.15, 0.2) is 0 Å². The van der Waals surface area contributed by atoms with Crippen LogP contribution in [0.25, 0.3) is 0 Å². The first-order valence-electron chi connectivity index (χ1n) is 14.2. The summed E-state index contributed by atoms with van der Waals surface area (Å²) in [7, 11) is 0.521. The standard InChI is InChI=1S/C30H43ClN4O3S/c1-23-21-28(24(2)20-27(23)31)39(37,38)35-16-6-5-9-26(35)10-11-29(36)34-18-13-30(14-19-34,12-17-33(3)4)25-8-7-15-32-22-25/h7-8,15,20-22,26H,5-6,9-14,16-19H2,1-4H3. The molecule has 0 saturated carbocycles. The van der Waals surface area contributed by atoms with Crippen molar-refractivity contribution in [3.63, 3.8) is 0 Å². The second kappa shape index (κ2) is 12.7. The lowest BCUT2D eigenvalue weighted by Crippen LogP contribution is -2.47. The molecule has 1 atom stereocenters. The van der Waals surface area contributed by atoms with E-state index < -0.39 is 10.0 Å². The molecule has 1 aromatic heterocycles. The summed E-state index contributed by atoms with van der Waals surface area (Å²) >= 11 is 6.24. The van der Waals surface area contributed by atoms with Crippen molar-refractivity contribution < 1.29 is 13.2 Å². The molecular formula is C30H43ClN4O3S. The van der Waals surface area contributed by atoms with Crippen LogP contribution in [0.4, 0.5) is 0 Å². The third kappa shape index (κ3) is 6.84. The van der Waals surface area contributed by atoms with E-state index >= 15 is 0 Å². The normalized spacial score (nSPS) is 20.4. The quantitative estimate of drug-likeness (QED) is 0.412. The number of sulfonamides is 1. The molecule has 3 heterocycles. The van der Waals surface area contributed by atoms with Crippen molar-refractivity contribution in [1.29, 1.82) is 0 Å². The predicted octanol–water partition coefficient (Wildman–Crippen LogP) is 5.19. The van der Waals surface area contributed by atoms with Crippen molar-refractivity contribution in [3.05, 3.63) is 58.4 Å². The van der Waals surface area contributed by atoms with Crippen molar-refractivity contribution >= 4 is 27.5 Å². The summed E-state index contributed by atoms with van der Waals surface area (Å²) in [5, 5.41) is 0.572. The van der Waals surface area contributed by atoms with Gasteiger partial charge in [-0.25, -0.2) is 8.42 Å². The number of halogens is 1. The van der Waals surface area contributed by atoms with Crippen LogP contribution >= 0.6 is 11.6 Å². The molecule has 9 heteroatoms. The number of benzene rings is 1. The second-order valence-corrected chi connectivity index (χ2v) is 13.9. The maximum Gasteiger partial charge on any atom is 0.243 e. The van der Waals surface area contributed by atoms with Gasteiger partial charge in [0.25, 0.3) is 0 Å². The first-order valence-corrected chi connectivity index (χ1v) is 16.0. The van der Waals surface area contributed by atoms with Crippen LogP contribution in [0.15, 0.2) is 41.6 Å². The van der Waals surface area contributed by atoms with Crippen LogP contribution in [0.3, 0.4) is 0 Å². The molecule has 0 N–H and O–H groups in total. The van der Waals surface area contributed by atoms with E-state index in [1.165, 1.54) is 5.56 Å². The molecule has 1 unspecified atom stereocenters. The Morgan fingerprint density at radius 2 is 1.87 bits per heavy atom. The van der Waals surface area contributed by atoms with Crippen LogP contribution in [0.5, 0.6) is 0 Å². The highest BCUT2D eigenvalue weighted by Gasteiger charge is 2.38. The Kier molecular flexibility index (Phi) is 9.74. The van der Waals surface area contributed by atoms with Gasteiger partial charge >= 0.3 is 0 Å². The molecule has 0 radical (unpaired) electrons. The molecule has 2 saturated heterocycles. The van der Waals surface area contributed by atoms with Crippen molar-refractivity contribution in [1.82, 2.24) is 19.1 Å². The fraction of sp³-hybridized carbons (Fsp3) is 0.600. The summed E-state index contributed by atoms with van der Waals surface area (Å²) in [6, 6.07) is 7.42. The first-order chi connectivity index (χ1) is 18.5. The van der Waals surface area contributed by atoms with Gasteiger partial charge in [-0.05, 0) is 108 Å². The van der Waals surface area contributed by atoms with Crippen LogP contribution < -0.4 is 0 Å². The summed E-state index contributed by atoms with van der Waals surface area (Å²) in [6.45, 7) is 6.54. The Labute approximate surface area is 239 Å². The third-order valence-corrected chi connectivity index (χ3v) is 11.2. The van der Waals surface area contributed by atoms with Gasteiger partial charge in [0.05, 0.1) is 4.90 Å². The molecule has 2 fully saturated rings. The third-order valence-electron chi connectivity index (χ3n) is 8.69. The maximum atomic E-state index is 13.7. The largest absolute Gasteiger partial charge is 0.343 e. The molecule has 1 aromatic carbocycles. The van der Waals surface area contributed by atoms with Gasteiger partial charge in [-0.15, -0.1) is 0 Å². The number of nitrogens with zero attached hydrogens (tertiary/aromatic N) is 4. The number of pyridine rings is 1. The molecule has 2 aliphatic rings. The number of hydrogen-bond acceptors (Lipinski definition) is 5. The molecule has 2 aliphatic heterocycles. The average molecular weight is 575 g/mol. The number of piperidine rings is 2. The number of rotatable bonds is 9. The number of aromatic nitrogens is 1. The molecule has 2 aromatic rings. The monoisotopic (exact) mass is 574 g/mol. The van der Waals surface area contributed by atoms with Gasteiger partial charge in [0.1, 0.15) is 0 Å². The minimum atomic E-state index is -3.67. The Bertz CT molecular complexity index is 1240. The molecular weight excluding hydrogens is 532 g/mol. The lowest BCUT2D eigenvalue weighted by molar-refractivity contribution is -0.133. The van der Waals surface area contributed by atoms with E-state index in [0.29, 0.717) is 34.9 Å². The zero-order valence-corrected chi connectivity index (χ0v) is 25.4. The molecule has 1 amide bonds. The first kappa shape index (κ1) is 30.0. The molecule has 39 heavy (non-hydrogen) atoms. The Balaban J connectivity index is 1.41. The van der Waals surface area contributed by atoms with Gasteiger partial charge < -0.3 is 9.80 Å². The van der Waals surface area contributed by atoms with E-state index in [2.05, 4.69) is 30.0 Å². The van der Waals surface area contributed by atoms with Crippen LogP contribution in [0.1, 0.15) is 68.1 Å². The number of carbonyl (C=O) groups excluding carboxylic acids is 1. The van der Waals surface area contributed by atoms with Crippen molar-refractivity contribution in [2.24, 2.45) is 0 Å². The van der Waals surface area contributed by atoms with Crippen LogP contribution in [-0.2, 0) is 20.2 Å². The molecule has 214 valence electrons. The van der Waals surface area contributed by atoms with E-state index in [1.54, 1.807) is 23.4 Å². The summed E-state index contributed by atoms with van der Waals surface area (Å²) < 4.78 is 29.1. The SMILES string of the molecule is Cc1cc(S(=O)(=O)N2CCCCC2CCC(=O)N2CCC(CCN(C)C)(c3cccnc3)CC2)c(C)cc1Cl. The molecule has 4 rings (SSSR count). The molecule has 7 nitrogen and oxygen atoms in total.